The van der Waals surface area contributed by atoms with E-state index in [1.807, 2.05) is 6.92 Å². The van der Waals surface area contributed by atoms with Crippen LogP contribution in [0.4, 0.5) is 18.0 Å². The van der Waals surface area contributed by atoms with Crippen molar-refractivity contribution in [2.45, 2.75) is 24.9 Å². The molecule has 0 bridgehead atoms. The fourth-order valence-electron chi connectivity index (χ4n) is 4.08. The van der Waals surface area contributed by atoms with Crippen LogP contribution in [0.5, 0.6) is 0 Å². The number of benzene rings is 3. The van der Waals surface area contributed by atoms with Gasteiger partial charge in [0.1, 0.15) is 13.2 Å². The molecule has 1 amide bonds. The fraction of sp³-hybridized carbons (Fsp3) is 0.233. The summed E-state index contributed by atoms with van der Waals surface area (Å²) < 4.78 is 78.5. The zero-order valence-corrected chi connectivity index (χ0v) is 26.3. The van der Waals surface area contributed by atoms with Crippen molar-refractivity contribution < 1.29 is 50.5 Å². The number of rotatable bonds is 13. The standard InChI is InChI=1S/C30H29F3N6O8S/c1-3-37(39(42)36-47-20-46-28(40)23-7-5-4-6-8-23)17-18-45-29(41)35-48(43,44)25-15-13-24(14-16-25)38-26(19-27(34-38)30(31,32)33)22-11-9-21(2)10-12-22/h4-16,19H,3,17-18,20H2,1-2H3,(H,35,41)/b39-36-. The van der Waals surface area contributed by atoms with E-state index in [0.717, 1.165) is 33.5 Å². The Bertz CT molecular complexity index is 1850. The van der Waals surface area contributed by atoms with Gasteiger partial charge in [-0.25, -0.2) is 27.4 Å². The second kappa shape index (κ2) is 15.3. The fourth-order valence-corrected chi connectivity index (χ4v) is 4.97. The van der Waals surface area contributed by atoms with Crippen molar-refractivity contribution in [1.29, 1.82) is 0 Å². The van der Waals surface area contributed by atoms with Gasteiger partial charge in [0.2, 0.25) is 5.28 Å². The molecule has 4 rings (SSSR count). The molecule has 18 heteroatoms. The molecule has 0 aliphatic rings. The average molecular weight is 691 g/mol. The number of ether oxygens (including phenoxy) is 2. The first-order chi connectivity index (χ1) is 22.8. The lowest BCUT2D eigenvalue weighted by Crippen LogP contribution is -2.36. The molecule has 1 heterocycles. The molecule has 0 radical (unpaired) electrons. The van der Waals surface area contributed by atoms with Crippen LogP contribution < -0.4 is 4.72 Å². The second-order valence-electron chi connectivity index (χ2n) is 9.85. The molecule has 0 saturated carbocycles. The summed E-state index contributed by atoms with van der Waals surface area (Å²) in [6.07, 6.45) is -6.07. The van der Waals surface area contributed by atoms with Crippen LogP contribution in [-0.4, -0.2) is 66.7 Å². The number of carbonyl (C=O) groups is 2. The van der Waals surface area contributed by atoms with Crippen molar-refractivity contribution in [2.75, 3.05) is 26.5 Å². The first-order valence-electron chi connectivity index (χ1n) is 14.1. The Labute approximate surface area is 272 Å². The summed E-state index contributed by atoms with van der Waals surface area (Å²) in [5.74, 6) is -0.689. The number of hydrogen-bond acceptors (Lipinski definition) is 10. The van der Waals surface area contributed by atoms with Crippen LogP contribution in [0.3, 0.4) is 0 Å². The number of aryl methyl sites for hydroxylation is 1. The highest BCUT2D eigenvalue weighted by Crippen LogP contribution is 2.33. The van der Waals surface area contributed by atoms with E-state index in [4.69, 9.17) is 14.3 Å². The zero-order valence-electron chi connectivity index (χ0n) is 25.5. The number of halogens is 3. The number of likely N-dealkylation sites (N-methyl/N-ethyl adjacent to an activating group) is 1. The van der Waals surface area contributed by atoms with E-state index < -0.39 is 47.4 Å². The van der Waals surface area contributed by atoms with Gasteiger partial charge in [-0.05, 0) is 56.3 Å². The summed E-state index contributed by atoms with van der Waals surface area (Å²) in [5, 5.41) is 20.1. The molecule has 3 aromatic carbocycles. The van der Waals surface area contributed by atoms with E-state index in [9.17, 15) is 36.4 Å². The predicted molar refractivity (Wildman–Crippen MR) is 162 cm³/mol. The number of hydrogen-bond donors (Lipinski definition) is 1. The van der Waals surface area contributed by atoms with Crippen molar-refractivity contribution in [2.24, 2.45) is 5.28 Å². The van der Waals surface area contributed by atoms with E-state index in [1.165, 1.54) is 24.3 Å². The van der Waals surface area contributed by atoms with Crippen molar-refractivity contribution >= 4 is 22.1 Å². The van der Waals surface area contributed by atoms with Crippen molar-refractivity contribution in [3.05, 3.63) is 107 Å². The zero-order chi connectivity index (χ0) is 34.9. The summed E-state index contributed by atoms with van der Waals surface area (Å²) in [6.45, 7) is 2.20. The number of sulfonamides is 1. The number of aromatic nitrogens is 2. The third kappa shape index (κ3) is 9.21. The highest BCUT2D eigenvalue weighted by molar-refractivity contribution is 7.90. The third-order valence-electron chi connectivity index (χ3n) is 6.53. The topological polar surface area (TPSA) is 167 Å². The Morgan fingerprint density at radius 2 is 1.69 bits per heavy atom. The van der Waals surface area contributed by atoms with Gasteiger partial charge < -0.3 is 19.5 Å². The summed E-state index contributed by atoms with van der Waals surface area (Å²) in [6, 6.07) is 20.3. The lowest BCUT2D eigenvalue weighted by molar-refractivity contribution is -0.711. The van der Waals surface area contributed by atoms with Crippen molar-refractivity contribution in [1.82, 2.24) is 19.5 Å². The molecule has 0 saturated heterocycles. The van der Waals surface area contributed by atoms with Crippen molar-refractivity contribution in [3.8, 4) is 16.9 Å². The Kier molecular flexibility index (Phi) is 11.2. The molecule has 1 aromatic heterocycles. The molecular weight excluding hydrogens is 661 g/mol. The van der Waals surface area contributed by atoms with Gasteiger partial charge in [-0.2, -0.15) is 18.3 Å². The van der Waals surface area contributed by atoms with Crippen LogP contribution >= 0.6 is 0 Å². The maximum atomic E-state index is 13.5. The quantitative estimate of drug-likeness (QED) is 0.0490. The smallest absolute Gasteiger partial charge is 0.435 e. The van der Waals surface area contributed by atoms with Crippen LogP contribution in [0.25, 0.3) is 16.9 Å². The average Bonchev–Trinajstić information content (AvgIpc) is 3.52. The van der Waals surface area contributed by atoms with E-state index in [-0.39, 0.29) is 39.9 Å². The molecule has 14 nitrogen and oxygen atoms in total. The Morgan fingerprint density at radius 1 is 1.02 bits per heavy atom. The first kappa shape index (κ1) is 35.2. The van der Waals surface area contributed by atoms with Gasteiger partial charge in [-0.15, -0.1) is 5.01 Å². The number of hydrazine groups is 1. The van der Waals surface area contributed by atoms with Crippen LogP contribution in [0.15, 0.2) is 95.1 Å². The SMILES string of the molecule is CCN(CCOC(=O)NS(=O)(=O)c1ccc(-n2nc(C(F)(F)F)cc2-c2ccc(C)cc2)cc1)/[N+]([O-])=N/OCOC(=O)c1ccccc1. The number of nitrogens with zero attached hydrogens (tertiary/aromatic N) is 5. The molecule has 0 unspecified atom stereocenters. The maximum Gasteiger partial charge on any atom is 0.435 e. The van der Waals surface area contributed by atoms with Crippen LogP contribution in [0.2, 0.25) is 0 Å². The Morgan fingerprint density at radius 3 is 2.31 bits per heavy atom. The molecular formula is C30H29F3N6O8S. The van der Waals surface area contributed by atoms with Crippen LogP contribution in [0.1, 0.15) is 28.5 Å². The van der Waals surface area contributed by atoms with Gasteiger partial charge in [-0.3, -0.25) is 0 Å². The van der Waals surface area contributed by atoms with Crippen LogP contribution in [-0.2, 0) is 30.5 Å². The lowest BCUT2D eigenvalue weighted by Gasteiger charge is -2.16. The molecule has 0 aliphatic carbocycles. The molecule has 48 heavy (non-hydrogen) atoms. The largest absolute Gasteiger partial charge is 0.569 e. The first-order valence-corrected chi connectivity index (χ1v) is 15.6. The summed E-state index contributed by atoms with van der Waals surface area (Å²) in [5.41, 5.74) is 0.756. The number of carbonyl (C=O) groups excluding carboxylic acids is 2. The van der Waals surface area contributed by atoms with E-state index >= 15 is 0 Å². The van der Waals surface area contributed by atoms with E-state index in [1.54, 1.807) is 54.1 Å². The van der Waals surface area contributed by atoms with Gasteiger partial charge in [0.25, 0.3) is 16.8 Å². The highest BCUT2D eigenvalue weighted by Gasteiger charge is 2.35. The minimum atomic E-state index is -4.72. The van der Waals surface area contributed by atoms with Gasteiger partial charge in [0.05, 0.1) is 33.4 Å². The molecule has 4 aromatic rings. The Balaban J connectivity index is 1.32. The normalized spacial score (nSPS) is 11.9. The molecule has 1 N–H and O–H groups in total. The second-order valence-corrected chi connectivity index (χ2v) is 11.5. The minimum Gasteiger partial charge on any atom is -0.569 e. The maximum absolute atomic E-state index is 13.5. The van der Waals surface area contributed by atoms with Gasteiger partial charge in [0, 0.05) is 5.56 Å². The molecule has 0 aliphatic heterocycles. The number of esters is 1. The van der Waals surface area contributed by atoms with Crippen LogP contribution in [0, 0.1) is 12.1 Å². The molecule has 254 valence electrons. The van der Waals surface area contributed by atoms with E-state index in [2.05, 4.69) is 10.4 Å². The molecule has 0 atom stereocenters. The predicted octanol–water partition coefficient (Wildman–Crippen LogP) is 5.23. The van der Waals surface area contributed by atoms with E-state index in [0.29, 0.717) is 5.56 Å². The minimum absolute atomic E-state index is 0.0391. The summed E-state index contributed by atoms with van der Waals surface area (Å²) >= 11 is 0. The van der Waals surface area contributed by atoms with Gasteiger partial charge in [0.15, 0.2) is 5.69 Å². The number of alkyl halides is 3. The number of amides is 1. The Hall–Kier alpha value is -5.65. The molecule has 0 fully saturated rings. The summed E-state index contributed by atoms with van der Waals surface area (Å²) in [7, 11) is -4.46. The van der Waals surface area contributed by atoms with Crippen molar-refractivity contribution in [3.63, 3.8) is 0 Å². The lowest BCUT2D eigenvalue weighted by atomic mass is 10.1. The highest BCUT2D eigenvalue weighted by atomic mass is 32.2. The summed E-state index contributed by atoms with van der Waals surface area (Å²) in [4.78, 5) is 28.5. The monoisotopic (exact) mass is 690 g/mol. The number of nitrogens with one attached hydrogen (secondary N) is 1. The van der Waals surface area contributed by atoms with Gasteiger partial charge in [-0.1, -0.05) is 48.0 Å². The third-order valence-corrected chi connectivity index (χ3v) is 7.85. The molecule has 0 spiro atoms. The van der Waals surface area contributed by atoms with Gasteiger partial charge >= 0.3 is 18.2 Å².